The van der Waals surface area contributed by atoms with Gasteiger partial charge in [0.25, 0.3) is 0 Å². The monoisotopic (exact) mass is 964 g/mol. The highest BCUT2D eigenvalue weighted by Gasteiger charge is 2.41. The highest BCUT2D eigenvalue weighted by molar-refractivity contribution is 7.11. The van der Waals surface area contributed by atoms with Crippen LogP contribution in [0.3, 0.4) is 0 Å². The molecular weight excluding hydrogens is 911 g/mol. The number of benzene rings is 2. The number of thiazole rings is 1. The van der Waals surface area contributed by atoms with Crippen LogP contribution in [-0.4, -0.2) is 103 Å². The lowest BCUT2D eigenvalue weighted by Crippen LogP contribution is -2.51. The summed E-state index contributed by atoms with van der Waals surface area (Å²) in [7, 11) is 2.51. The quantitative estimate of drug-likeness (QED) is 0.0919. The van der Waals surface area contributed by atoms with Crippen LogP contribution < -0.4 is 15.4 Å². The zero-order chi connectivity index (χ0) is 48.4. The van der Waals surface area contributed by atoms with Crippen LogP contribution in [0.1, 0.15) is 112 Å². The molecule has 17 nitrogen and oxygen atoms in total. The minimum Gasteiger partial charge on any atom is -0.464 e. The molecule has 10 rings (SSSR count). The lowest BCUT2D eigenvalue weighted by molar-refractivity contribution is -0.136. The summed E-state index contributed by atoms with van der Waals surface area (Å²) in [4.78, 5) is 76.8. The van der Waals surface area contributed by atoms with Crippen molar-refractivity contribution in [2.45, 2.75) is 103 Å². The van der Waals surface area contributed by atoms with Gasteiger partial charge in [-0.05, 0) is 74.6 Å². The molecule has 1 saturated carbocycles. The number of methoxy groups -OCH3 is 2. The summed E-state index contributed by atoms with van der Waals surface area (Å²) >= 11 is 1.50. The minimum absolute atomic E-state index is 0.0291. The molecule has 3 unspecified atom stereocenters. The number of nitrogens with one attached hydrogen (secondary N) is 4. The number of amides is 4. The Labute approximate surface area is 400 Å². The highest BCUT2D eigenvalue weighted by atomic mass is 32.1. The molecule has 0 bridgehead atoms. The fourth-order valence-electron chi connectivity index (χ4n) is 9.96. The van der Waals surface area contributed by atoms with E-state index in [2.05, 4.69) is 30.6 Å². The van der Waals surface area contributed by atoms with Gasteiger partial charge in [-0.15, -0.1) is 11.3 Å². The van der Waals surface area contributed by atoms with Crippen LogP contribution in [0.25, 0.3) is 44.7 Å². The lowest BCUT2D eigenvalue weighted by Gasteiger charge is -2.30. The number of imidazole rings is 2. The molecule has 4 amide bonds. The Balaban J connectivity index is 0.981. The van der Waals surface area contributed by atoms with E-state index in [1.807, 2.05) is 33.8 Å². The van der Waals surface area contributed by atoms with Crippen LogP contribution in [0.15, 0.2) is 48.9 Å². The van der Waals surface area contributed by atoms with Crippen molar-refractivity contribution in [1.82, 2.24) is 49.9 Å². The maximum absolute atomic E-state index is 17.4. The summed E-state index contributed by atoms with van der Waals surface area (Å²) in [6.45, 7) is 8.38. The molecule has 3 fully saturated rings. The topological polar surface area (TPSA) is 202 Å². The first-order valence-electron chi connectivity index (χ1n) is 23.4. The number of ether oxygens (including phenoxy) is 3. The van der Waals surface area contributed by atoms with Gasteiger partial charge in [-0.25, -0.2) is 33.3 Å². The van der Waals surface area contributed by atoms with Crippen LogP contribution >= 0.6 is 11.3 Å². The fourth-order valence-corrected chi connectivity index (χ4v) is 11.1. The second-order valence-corrected chi connectivity index (χ2v) is 20.0. The Kier molecular flexibility index (Phi) is 12.1. The summed E-state index contributed by atoms with van der Waals surface area (Å²) in [5, 5.41) is 6.56. The third kappa shape index (κ3) is 8.35. The van der Waals surface area contributed by atoms with E-state index in [0.717, 1.165) is 35.6 Å². The maximum atomic E-state index is 17.4. The molecule has 0 spiro atoms. The molecule has 4 N–H and O–H groups in total. The predicted molar refractivity (Wildman–Crippen MR) is 251 cm³/mol. The number of rotatable bonds is 12. The van der Waals surface area contributed by atoms with E-state index in [-0.39, 0.29) is 52.1 Å². The van der Waals surface area contributed by atoms with E-state index >= 15 is 8.78 Å². The van der Waals surface area contributed by atoms with Gasteiger partial charge in [0.05, 0.1) is 76.7 Å². The van der Waals surface area contributed by atoms with Gasteiger partial charge in [0.1, 0.15) is 35.3 Å². The van der Waals surface area contributed by atoms with E-state index in [9.17, 15) is 19.2 Å². The van der Waals surface area contributed by atoms with Gasteiger partial charge in [0.2, 0.25) is 18.0 Å². The van der Waals surface area contributed by atoms with Crippen molar-refractivity contribution in [2.24, 2.45) is 11.8 Å². The van der Waals surface area contributed by atoms with Gasteiger partial charge < -0.3 is 44.6 Å². The average molecular weight is 965 g/mol. The first-order chi connectivity index (χ1) is 33.2. The van der Waals surface area contributed by atoms with E-state index < -0.39 is 48.2 Å². The predicted octanol–water partition coefficient (Wildman–Crippen LogP) is 8.73. The summed E-state index contributed by atoms with van der Waals surface area (Å²) in [6, 6.07) is 6.00. The van der Waals surface area contributed by atoms with Gasteiger partial charge in [0, 0.05) is 41.7 Å². The Bertz CT molecular complexity index is 2980. The molecule has 69 heavy (non-hydrogen) atoms. The molecule has 3 aliphatic heterocycles. The zero-order valence-electron chi connectivity index (χ0n) is 39.1. The summed E-state index contributed by atoms with van der Waals surface area (Å²) in [5.74, 6) is -0.616. The van der Waals surface area contributed by atoms with Gasteiger partial charge in [-0.1, -0.05) is 33.8 Å². The second kappa shape index (κ2) is 18.2. The van der Waals surface area contributed by atoms with Crippen LogP contribution in [0, 0.1) is 23.5 Å². The SMILES string of the molecule is COC(=O)NC(C(=O)N1CCC[C@H]1c1ncc(-c2cc(F)c3c(c2)OC(c2cnc(C4CC4)s2)n2c-3c(F)c3cc(-c4cnc([C@@H]5CCCN5C(=O)C(NC(=O)OC)C(C)C)[nH]4)ccc32)[nH]1)C(C)C. The van der Waals surface area contributed by atoms with Crippen molar-refractivity contribution in [3.8, 4) is 39.5 Å². The van der Waals surface area contributed by atoms with Crippen molar-refractivity contribution in [1.29, 1.82) is 0 Å². The van der Waals surface area contributed by atoms with Gasteiger partial charge in [-0.2, -0.15) is 0 Å². The lowest BCUT2D eigenvalue weighted by atomic mass is 10.0. The summed E-state index contributed by atoms with van der Waals surface area (Å²) in [5.41, 5.74) is 2.63. The number of nitrogens with zero attached hydrogens (tertiary/aromatic N) is 6. The number of aromatic amines is 2. The molecule has 20 heteroatoms. The second-order valence-electron chi connectivity index (χ2n) is 18.9. The van der Waals surface area contributed by atoms with E-state index in [1.54, 1.807) is 51.2 Å². The summed E-state index contributed by atoms with van der Waals surface area (Å²) < 4.78 is 52.3. The molecule has 1 aliphatic carbocycles. The Morgan fingerprint density at radius 1 is 0.768 bits per heavy atom. The number of H-pyrrole nitrogens is 2. The molecule has 7 heterocycles. The normalized spacial score (nSPS) is 19.7. The number of halogens is 2. The molecule has 2 saturated heterocycles. The van der Waals surface area contributed by atoms with Crippen molar-refractivity contribution in [3.05, 3.63) is 82.1 Å². The first kappa shape index (κ1) is 45.9. The molecule has 4 aliphatic rings. The number of alkyl carbamates (subject to hydrolysis) is 2. The van der Waals surface area contributed by atoms with Crippen molar-refractivity contribution < 1.29 is 42.2 Å². The van der Waals surface area contributed by atoms with E-state index in [1.165, 1.54) is 31.6 Å². The molecule has 5 atom stereocenters. The Morgan fingerprint density at radius 3 is 1.90 bits per heavy atom. The number of carbonyl (C=O) groups is 4. The Hall–Kier alpha value is -6.83. The van der Waals surface area contributed by atoms with Crippen LogP contribution in [0.2, 0.25) is 0 Å². The maximum Gasteiger partial charge on any atom is 0.407 e. The molecule has 0 radical (unpaired) electrons. The third-order valence-corrected chi connectivity index (χ3v) is 14.9. The highest BCUT2D eigenvalue weighted by Crippen LogP contribution is 2.51. The smallest absolute Gasteiger partial charge is 0.407 e. The molecule has 4 aromatic heterocycles. The molecule has 2 aromatic carbocycles. The van der Waals surface area contributed by atoms with Crippen molar-refractivity contribution in [3.63, 3.8) is 0 Å². The standard InChI is InChI=1S/C49H54F2N10O7S/c1-23(2)39(57-48(64)66-5)45(62)59-15-7-9-33(59)42-52-20-30(55-42)26-13-14-32-28(17-26)38(51)41-37-29(50)18-27(19-35(37)68-47(61(32)41)36-22-54-44(69-36)25-11-12-25)31-21-53-43(56-31)34-10-8-16-60(34)46(63)40(24(3)4)58-49(65)67-6/h13-14,17-25,33-34,39-40,47H,7-12,15-16H2,1-6H3,(H,52,55)(H,53,56)(H,57,64)(H,58,65)/t33-,34-,39?,40?,47?/m0/s1. The zero-order valence-corrected chi connectivity index (χ0v) is 39.9. The number of likely N-dealkylation sites (tertiary alicyclic amines) is 2. The number of fused-ring (bicyclic) bond motifs is 5. The number of aromatic nitrogens is 6. The molecule has 6 aromatic rings. The van der Waals surface area contributed by atoms with Gasteiger partial charge in [0.15, 0.2) is 5.82 Å². The van der Waals surface area contributed by atoms with Crippen LogP contribution in [0.5, 0.6) is 5.75 Å². The van der Waals surface area contributed by atoms with Gasteiger partial charge in [-0.3, -0.25) is 14.2 Å². The number of hydrogen-bond acceptors (Lipinski definition) is 11. The third-order valence-electron chi connectivity index (χ3n) is 13.7. The largest absolute Gasteiger partial charge is 0.464 e. The molecule has 362 valence electrons. The van der Waals surface area contributed by atoms with E-state index in [0.29, 0.717) is 71.5 Å². The summed E-state index contributed by atoms with van der Waals surface area (Å²) in [6.07, 6.45) is 7.60. The number of carbonyl (C=O) groups excluding carboxylic acids is 4. The van der Waals surface area contributed by atoms with Gasteiger partial charge >= 0.3 is 12.2 Å². The molecular formula is C49H54F2N10O7S. The first-order valence-corrected chi connectivity index (χ1v) is 24.3. The Morgan fingerprint density at radius 2 is 1.35 bits per heavy atom. The van der Waals surface area contributed by atoms with Crippen molar-refractivity contribution in [2.75, 3.05) is 27.3 Å². The minimum atomic E-state index is -0.874. The fraction of sp³-hybridized carbons (Fsp3) is 0.449. The van der Waals surface area contributed by atoms with Crippen LogP contribution in [0.4, 0.5) is 18.4 Å². The van der Waals surface area contributed by atoms with E-state index in [4.69, 9.17) is 19.2 Å². The van der Waals surface area contributed by atoms with Crippen LogP contribution in [-0.2, 0) is 19.1 Å². The number of hydrogen-bond donors (Lipinski definition) is 4. The average Bonchev–Trinajstić information content (AvgIpc) is 4.05. The van der Waals surface area contributed by atoms with Crippen molar-refractivity contribution >= 4 is 46.2 Å².